The van der Waals surface area contributed by atoms with Crippen molar-refractivity contribution in [2.75, 3.05) is 6.61 Å². The average molecular weight is 389 g/mol. The molecule has 0 radical (unpaired) electrons. The highest BCUT2D eigenvalue weighted by atomic mass is 16.7. The van der Waals surface area contributed by atoms with E-state index in [4.69, 9.17) is 15.3 Å². The SMILES string of the molecule is Cc1ccc(CON2C=Nc3c(ncn3[C@@H]3O[C@H](CO)C(O)C3O)C2N)cc1. The number of hydrogen-bond donors (Lipinski definition) is 4. The van der Waals surface area contributed by atoms with Crippen molar-refractivity contribution in [1.82, 2.24) is 14.6 Å². The zero-order chi connectivity index (χ0) is 19.8. The number of hydroxylamine groups is 2. The first kappa shape index (κ1) is 19.0. The van der Waals surface area contributed by atoms with E-state index in [1.54, 1.807) is 0 Å². The largest absolute Gasteiger partial charge is 0.394 e. The Bertz CT molecular complexity index is 855. The number of hydrogen-bond acceptors (Lipinski definition) is 9. The Morgan fingerprint density at radius 2 is 1.96 bits per heavy atom. The summed E-state index contributed by atoms with van der Waals surface area (Å²) < 4.78 is 7.03. The third kappa shape index (κ3) is 3.30. The molecule has 3 heterocycles. The zero-order valence-electron chi connectivity index (χ0n) is 15.3. The molecule has 10 nitrogen and oxygen atoms in total. The standard InChI is InChI=1S/C18H23N5O5/c1-10-2-4-11(5-3-10)7-27-23-9-21-17-13(16(23)19)20-8-22(17)18-15(26)14(25)12(6-24)28-18/h2-5,8-9,12,14-16,18,24-26H,6-7,19H2,1H3/t12-,14?,15?,16?,18-/m1/s1. The van der Waals surface area contributed by atoms with E-state index in [1.807, 2.05) is 31.2 Å². The van der Waals surface area contributed by atoms with Gasteiger partial charge in [0, 0.05) is 0 Å². The Balaban J connectivity index is 1.49. The Kier molecular flexibility index (Phi) is 5.15. The molecule has 150 valence electrons. The molecule has 1 aromatic heterocycles. The maximum absolute atomic E-state index is 10.2. The fraction of sp³-hybridized carbons (Fsp3) is 0.444. The van der Waals surface area contributed by atoms with Gasteiger partial charge in [0.25, 0.3) is 0 Å². The molecule has 0 spiro atoms. The van der Waals surface area contributed by atoms with Crippen LogP contribution in [-0.2, 0) is 16.2 Å². The van der Waals surface area contributed by atoms with Crippen LogP contribution in [0.3, 0.4) is 0 Å². The molecule has 0 saturated carbocycles. The molecule has 28 heavy (non-hydrogen) atoms. The number of fused-ring (bicyclic) bond motifs is 1. The van der Waals surface area contributed by atoms with Crippen molar-refractivity contribution in [3.05, 3.63) is 47.4 Å². The highest BCUT2D eigenvalue weighted by Crippen LogP contribution is 2.37. The van der Waals surface area contributed by atoms with E-state index in [9.17, 15) is 15.3 Å². The fourth-order valence-corrected chi connectivity index (χ4v) is 3.26. The molecule has 2 aliphatic rings. The maximum atomic E-state index is 10.2. The highest BCUT2D eigenvalue weighted by molar-refractivity contribution is 5.64. The van der Waals surface area contributed by atoms with Crippen molar-refractivity contribution >= 4 is 12.2 Å². The molecule has 2 aromatic rings. The van der Waals surface area contributed by atoms with Crippen LogP contribution in [0.25, 0.3) is 0 Å². The highest BCUT2D eigenvalue weighted by Gasteiger charge is 2.44. The fourth-order valence-electron chi connectivity index (χ4n) is 3.26. The van der Waals surface area contributed by atoms with E-state index in [-0.39, 0.29) is 0 Å². The summed E-state index contributed by atoms with van der Waals surface area (Å²) in [4.78, 5) is 14.3. The number of imidazole rings is 1. The van der Waals surface area contributed by atoms with Gasteiger partial charge in [-0.1, -0.05) is 29.8 Å². The molecule has 0 bridgehead atoms. The summed E-state index contributed by atoms with van der Waals surface area (Å²) in [6.45, 7) is 1.93. The molecule has 3 unspecified atom stereocenters. The summed E-state index contributed by atoms with van der Waals surface area (Å²) >= 11 is 0. The minimum absolute atomic E-state index is 0.324. The van der Waals surface area contributed by atoms with Gasteiger partial charge in [-0.3, -0.25) is 9.40 Å². The number of aryl methyl sites for hydroxylation is 1. The lowest BCUT2D eigenvalue weighted by molar-refractivity contribution is -0.136. The first-order valence-corrected chi connectivity index (χ1v) is 8.95. The summed E-state index contributed by atoms with van der Waals surface area (Å²) in [5, 5.41) is 30.9. The van der Waals surface area contributed by atoms with Crippen LogP contribution >= 0.6 is 0 Å². The van der Waals surface area contributed by atoms with E-state index in [2.05, 4.69) is 9.98 Å². The van der Waals surface area contributed by atoms with Crippen LogP contribution in [0.1, 0.15) is 29.2 Å². The molecule has 4 rings (SSSR count). The molecular formula is C18H23N5O5. The number of nitrogens with two attached hydrogens (primary N) is 1. The maximum Gasteiger partial charge on any atom is 0.165 e. The first-order chi connectivity index (χ1) is 13.5. The van der Waals surface area contributed by atoms with Gasteiger partial charge >= 0.3 is 0 Å². The van der Waals surface area contributed by atoms with Crippen LogP contribution in [0.15, 0.2) is 35.6 Å². The predicted octanol–water partition coefficient (Wildman–Crippen LogP) is -0.132. The van der Waals surface area contributed by atoms with Crippen LogP contribution in [0, 0.1) is 6.92 Å². The molecule has 5 N–H and O–H groups in total. The molecular weight excluding hydrogens is 366 g/mol. The van der Waals surface area contributed by atoms with Gasteiger partial charge in [-0.15, -0.1) is 0 Å². The number of aliphatic imine (C=N–C) groups is 1. The molecule has 1 aromatic carbocycles. The summed E-state index contributed by atoms with van der Waals surface area (Å²) in [5.41, 5.74) is 8.86. The molecule has 5 atom stereocenters. The number of rotatable bonds is 5. The van der Waals surface area contributed by atoms with E-state index < -0.39 is 37.3 Å². The summed E-state index contributed by atoms with van der Waals surface area (Å²) in [7, 11) is 0. The van der Waals surface area contributed by atoms with Gasteiger partial charge < -0.3 is 25.8 Å². The van der Waals surface area contributed by atoms with Crippen molar-refractivity contribution in [2.24, 2.45) is 10.7 Å². The number of benzene rings is 1. The monoisotopic (exact) mass is 389 g/mol. The Morgan fingerprint density at radius 1 is 1.21 bits per heavy atom. The van der Waals surface area contributed by atoms with E-state index >= 15 is 0 Å². The van der Waals surface area contributed by atoms with E-state index in [0.29, 0.717) is 18.1 Å². The quantitative estimate of drug-likeness (QED) is 0.555. The second-order valence-electron chi connectivity index (χ2n) is 6.90. The van der Waals surface area contributed by atoms with Gasteiger partial charge in [-0.25, -0.2) is 15.0 Å². The van der Waals surface area contributed by atoms with Crippen molar-refractivity contribution in [3.63, 3.8) is 0 Å². The van der Waals surface area contributed by atoms with Crippen molar-refractivity contribution in [2.45, 2.75) is 44.2 Å². The second-order valence-corrected chi connectivity index (χ2v) is 6.90. The smallest absolute Gasteiger partial charge is 0.165 e. The predicted molar refractivity (Wildman–Crippen MR) is 98.1 cm³/mol. The lowest BCUT2D eigenvalue weighted by Gasteiger charge is -2.28. The van der Waals surface area contributed by atoms with Crippen molar-refractivity contribution < 1.29 is 24.9 Å². The summed E-state index contributed by atoms with van der Waals surface area (Å²) in [6, 6.07) is 7.96. The van der Waals surface area contributed by atoms with Gasteiger partial charge in [0.05, 0.1) is 12.9 Å². The lowest BCUT2D eigenvalue weighted by atomic mass is 10.1. The number of aliphatic hydroxyl groups is 3. The van der Waals surface area contributed by atoms with Crippen LogP contribution in [0.5, 0.6) is 0 Å². The van der Waals surface area contributed by atoms with Crippen LogP contribution in [0.2, 0.25) is 0 Å². The van der Waals surface area contributed by atoms with Crippen LogP contribution in [0.4, 0.5) is 5.82 Å². The number of nitrogens with zero attached hydrogens (tertiary/aromatic N) is 4. The van der Waals surface area contributed by atoms with Crippen molar-refractivity contribution in [3.8, 4) is 0 Å². The Morgan fingerprint density at radius 3 is 2.64 bits per heavy atom. The molecule has 0 aliphatic carbocycles. The first-order valence-electron chi connectivity index (χ1n) is 8.95. The summed E-state index contributed by atoms with van der Waals surface area (Å²) in [6.07, 6.45) is -2.05. The van der Waals surface area contributed by atoms with Gasteiger partial charge in [-0.2, -0.15) is 0 Å². The van der Waals surface area contributed by atoms with Crippen LogP contribution < -0.4 is 5.73 Å². The second kappa shape index (κ2) is 7.59. The summed E-state index contributed by atoms with van der Waals surface area (Å²) in [5.74, 6) is 0.400. The number of ether oxygens (including phenoxy) is 1. The lowest BCUT2D eigenvalue weighted by Crippen LogP contribution is -2.36. The topological polar surface area (TPSA) is 139 Å². The third-order valence-corrected chi connectivity index (χ3v) is 4.94. The molecule has 1 saturated heterocycles. The van der Waals surface area contributed by atoms with Crippen molar-refractivity contribution in [1.29, 1.82) is 0 Å². The van der Waals surface area contributed by atoms with Crippen LogP contribution in [-0.4, -0.2) is 61.2 Å². The Hall–Kier alpha value is -2.34. The van der Waals surface area contributed by atoms with Gasteiger partial charge in [0.15, 0.2) is 18.2 Å². The third-order valence-electron chi connectivity index (χ3n) is 4.94. The normalized spacial score (nSPS) is 29.3. The molecule has 1 fully saturated rings. The minimum Gasteiger partial charge on any atom is -0.394 e. The Labute approximate surface area is 161 Å². The minimum atomic E-state index is -1.22. The molecule has 10 heteroatoms. The van der Waals surface area contributed by atoms with Gasteiger partial charge in [0.2, 0.25) is 0 Å². The average Bonchev–Trinajstić information content (AvgIpc) is 3.24. The van der Waals surface area contributed by atoms with Gasteiger partial charge in [-0.05, 0) is 12.5 Å². The van der Waals surface area contributed by atoms with E-state index in [1.165, 1.54) is 27.9 Å². The van der Waals surface area contributed by atoms with Gasteiger partial charge in [0.1, 0.15) is 37.0 Å². The number of aromatic nitrogens is 2. The molecule has 0 amide bonds. The van der Waals surface area contributed by atoms with E-state index in [0.717, 1.165) is 5.56 Å². The molecule has 2 aliphatic heterocycles. The zero-order valence-corrected chi connectivity index (χ0v) is 15.3. The number of aliphatic hydroxyl groups excluding tert-OH is 3.